The van der Waals surface area contributed by atoms with Gasteiger partial charge in [0.15, 0.2) is 11.5 Å². The SMILES string of the molecule is c1cc2c(cc1CNC1CCCC1C1COCCN1)OCCO2. The van der Waals surface area contributed by atoms with E-state index < -0.39 is 0 Å². The summed E-state index contributed by atoms with van der Waals surface area (Å²) in [5, 5.41) is 7.39. The van der Waals surface area contributed by atoms with Crippen LogP contribution in [0.4, 0.5) is 0 Å². The zero-order chi connectivity index (χ0) is 15.5. The molecule has 0 amide bonds. The lowest BCUT2D eigenvalue weighted by Crippen LogP contribution is -2.50. The smallest absolute Gasteiger partial charge is 0.161 e. The lowest BCUT2D eigenvalue weighted by molar-refractivity contribution is 0.0524. The highest BCUT2D eigenvalue weighted by Crippen LogP contribution is 2.32. The minimum absolute atomic E-state index is 0.504. The van der Waals surface area contributed by atoms with Gasteiger partial charge in [0.1, 0.15) is 13.2 Å². The highest BCUT2D eigenvalue weighted by molar-refractivity contribution is 5.43. The number of rotatable bonds is 4. The van der Waals surface area contributed by atoms with Gasteiger partial charge in [-0.05, 0) is 36.5 Å². The molecular formula is C18H26N2O3. The molecule has 1 aromatic carbocycles. The van der Waals surface area contributed by atoms with Gasteiger partial charge in [0.25, 0.3) is 0 Å². The van der Waals surface area contributed by atoms with E-state index in [9.17, 15) is 0 Å². The Kier molecular flexibility index (Phi) is 4.69. The molecule has 1 saturated heterocycles. The molecule has 126 valence electrons. The molecule has 2 N–H and O–H groups in total. The van der Waals surface area contributed by atoms with Gasteiger partial charge in [-0.25, -0.2) is 0 Å². The van der Waals surface area contributed by atoms with Crippen LogP contribution < -0.4 is 20.1 Å². The van der Waals surface area contributed by atoms with E-state index in [1.165, 1.54) is 24.8 Å². The molecule has 1 saturated carbocycles. The van der Waals surface area contributed by atoms with Crippen molar-refractivity contribution < 1.29 is 14.2 Å². The molecule has 0 spiro atoms. The Bertz CT molecular complexity index is 531. The Hall–Kier alpha value is -1.30. The summed E-state index contributed by atoms with van der Waals surface area (Å²) in [5.41, 5.74) is 1.26. The second-order valence-electron chi connectivity index (χ2n) is 6.70. The van der Waals surface area contributed by atoms with Gasteiger partial charge in [0, 0.05) is 25.2 Å². The Morgan fingerprint density at radius 1 is 1.09 bits per heavy atom. The molecule has 0 aromatic heterocycles. The number of fused-ring (bicyclic) bond motifs is 1. The van der Waals surface area contributed by atoms with Crippen LogP contribution in [0.5, 0.6) is 11.5 Å². The standard InChI is InChI=1S/C18H26N2O3/c1-2-14(16-12-21-7-6-19-16)15(3-1)20-11-13-4-5-17-18(10-13)23-9-8-22-17/h4-5,10,14-16,19-20H,1-3,6-9,11-12H2. The van der Waals surface area contributed by atoms with Gasteiger partial charge in [-0.2, -0.15) is 0 Å². The zero-order valence-electron chi connectivity index (χ0n) is 13.6. The molecule has 1 aromatic rings. The highest BCUT2D eigenvalue weighted by Gasteiger charge is 2.34. The third-order valence-corrected chi connectivity index (χ3v) is 5.21. The van der Waals surface area contributed by atoms with E-state index in [1.807, 2.05) is 6.07 Å². The maximum atomic E-state index is 5.67. The van der Waals surface area contributed by atoms with Gasteiger partial charge in [-0.1, -0.05) is 12.5 Å². The Morgan fingerprint density at radius 3 is 2.87 bits per heavy atom. The van der Waals surface area contributed by atoms with E-state index in [0.717, 1.165) is 37.8 Å². The Balaban J connectivity index is 1.36. The lowest BCUT2D eigenvalue weighted by atomic mass is 9.94. The average molecular weight is 318 g/mol. The predicted molar refractivity (Wildman–Crippen MR) is 88.0 cm³/mol. The molecule has 2 aliphatic heterocycles. The molecular weight excluding hydrogens is 292 g/mol. The van der Waals surface area contributed by atoms with E-state index in [2.05, 4.69) is 22.8 Å². The summed E-state index contributed by atoms with van der Waals surface area (Å²) in [5.74, 6) is 2.41. The van der Waals surface area contributed by atoms with Gasteiger partial charge >= 0.3 is 0 Å². The number of ether oxygens (including phenoxy) is 3. The normalized spacial score (nSPS) is 30.3. The monoisotopic (exact) mass is 318 g/mol. The van der Waals surface area contributed by atoms with Crippen LogP contribution in [-0.4, -0.2) is 45.1 Å². The fourth-order valence-electron chi connectivity index (χ4n) is 4.03. The van der Waals surface area contributed by atoms with Crippen molar-refractivity contribution in [3.05, 3.63) is 23.8 Å². The number of hydrogen-bond donors (Lipinski definition) is 2. The second-order valence-corrected chi connectivity index (χ2v) is 6.70. The van der Waals surface area contributed by atoms with Crippen LogP contribution >= 0.6 is 0 Å². The van der Waals surface area contributed by atoms with Crippen molar-refractivity contribution in [2.75, 3.05) is 33.0 Å². The van der Waals surface area contributed by atoms with E-state index in [0.29, 0.717) is 31.2 Å². The van der Waals surface area contributed by atoms with Crippen molar-refractivity contribution >= 4 is 0 Å². The molecule has 23 heavy (non-hydrogen) atoms. The van der Waals surface area contributed by atoms with Gasteiger partial charge in [0.2, 0.25) is 0 Å². The predicted octanol–water partition coefficient (Wildman–Crippen LogP) is 1.70. The third-order valence-electron chi connectivity index (χ3n) is 5.21. The first-order valence-electron chi connectivity index (χ1n) is 8.83. The third kappa shape index (κ3) is 3.47. The van der Waals surface area contributed by atoms with Gasteiger partial charge < -0.3 is 24.8 Å². The van der Waals surface area contributed by atoms with Crippen molar-refractivity contribution in [3.8, 4) is 11.5 Å². The molecule has 2 fully saturated rings. The number of hydrogen-bond acceptors (Lipinski definition) is 5. The molecule has 4 rings (SSSR count). The summed E-state index contributed by atoms with van der Waals surface area (Å²) < 4.78 is 16.9. The summed E-state index contributed by atoms with van der Waals surface area (Å²) in [6.07, 6.45) is 3.86. The van der Waals surface area contributed by atoms with E-state index in [1.54, 1.807) is 0 Å². The summed E-state index contributed by atoms with van der Waals surface area (Å²) in [6.45, 7) is 4.85. The minimum atomic E-state index is 0.504. The van der Waals surface area contributed by atoms with Crippen LogP contribution in [0.2, 0.25) is 0 Å². The first-order chi connectivity index (χ1) is 11.4. The average Bonchev–Trinajstić information content (AvgIpc) is 3.09. The second kappa shape index (κ2) is 7.07. The van der Waals surface area contributed by atoms with Crippen molar-refractivity contribution in [1.29, 1.82) is 0 Å². The van der Waals surface area contributed by atoms with Crippen LogP contribution in [0.1, 0.15) is 24.8 Å². The largest absolute Gasteiger partial charge is 0.486 e. The fraction of sp³-hybridized carbons (Fsp3) is 0.667. The Morgan fingerprint density at radius 2 is 2.00 bits per heavy atom. The van der Waals surface area contributed by atoms with Crippen LogP contribution in [0.3, 0.4) is 0 Å². The quantitative estimate of drug-likeness (QED) is 0.885. The summed E-state index contributed by atoms with van der Waals surface area (Å²) >= 11 is 0. The van der Waals surface area contributed by atoms with Crippen molar-refractivity contribution in [3.63, 3.8) is 0 Å². The molecule has 5 nitrogen and oxygen atoms in total. The van der Waals surface area contributed by atoms with E-state index in [-0.39, 0.29) is 0 Å². The highest BCUT2D eigenvalue weighted by atomic mass is 16.6. The van der Waals surface area contributed by atoms with Gasteiger partial charge in [0.05, 0.1) is 13.2 Å². The van der Waals surface area contributed by atoms with Crippen LogP contribution in [0.15, 0.2) is 18.2 Å². The van der Waals surface area contributed by atoms with Crippen LogP contribution in [-0.2, 0) is 11.3 Å². The van der Waals surface area contributed by atoms with Crippen LogP contribution in [0.25, 0.3) is 0 Å². The zero-order valence-corrected chi connectivity index (χ0v) is 13.6. The molecule has 3 unspecified atom stereocenters. The fourth-order valence-corrected chi connectivity index (χ4v) is 4.03. The molecule has 3 aliphatic rings. The number of nitrogens with one attached hydrogen (secondary N) is 2. The topological polar surface area (TPSA) is 51.8 Å². The first kappa shape index (κ1) is 15.2. The maximum Gasteiger partial charge on any atom is 0.161 e. The Labute approximate surface area is 137 Å². The molecule has 5 heteroatoms. The molecule has 2 heterocycles. The minimum Gasteiger partial charge on any atom is -0.486 e. The number of benzene rings is 1. The number of morpholine rings is 1. The van der Waals surface area contributed by atoms with E-state index >= 15 is 0 Å². The molecule has 1 aliphatic carbocycles. The first-order valence-corrected chi connectivity index (χ1v) is 8.83. The van der Waals surface area contributed by atoms with Crippen LogP contribution in [0, 0.1) is 5.92 Å². The molecule has 3 atom stereocenters. The van der Waals surface area contributed by atoms with E-state index in [4.69, 9.17) is 14.2 Å². The molecule has 0 radical (unpaired) electrons. The van der Waals surface area contributed by atoms with Crippen molar-refractivity contribution in [1.82, 2.24) is 10.6 Å². The van der Waals surface area contributed by atoms with Gasteiger partial charge in [-0.3, -0.25) is 0 Å². The maximum absolute atomic E-state index is 5.67. The van der Waals surface area contributed by atoms with Crippen molar-refractivity contribution in [2.45, 2.75) is 37.9 Å². The summed E-state index contributed by atoms with van der Waals surface area (Å²) in [6, 6.07) is 7.33. The lowest BCUT2D eigenvalue weighted by Gasteiger charge is -2.33. The summed E-state index contributed by atoms with van der Waals surface area (Å²) in [4.78, 5) is 0. The van der Waals surface area contributed by atoms with Crippen molar-refractivity contribution in [2.24, 2.45) is 5.92 Å². The summed E-state index contributed by atoms with van der Waals surface area (Å²) in [7, 11) is 0. The van der Waals surface area contributed by atoms with Gasteiger partial charge in [-0.15, -0.1) is 0 Å². The molecule has 0 bridgehead atoms.